The van der Waals surface area contributed by atoms with E-state index in [-0.39, 0.29) is 17.2 Å². The van der Waals surface area contributed by atoms with Gasteiger partial charge in [0.05, 0.1) is 24.6 Å². The monoisotopic (exact) mass is 527 g/mol. The van der Waals surface area contributed by atoms with E-state index in [0.29, 0.717) is 15.6 Å². The van der Waals surface area contributed by atoms with Crippen LogP contribution in [0.3, 0.4) is 0 Å². The van der Waals surface area contributed by atoms with Crippen LogP contribution in [0.2, 0.25) is 0 Å². The Labute approximate surface area is 202 Å². The summed E-state index contributed by atoms with van der Waals surface area (Å²) in [5.74, 6) is -2.96. The number of hydrogen-bond acceptors (Lipinski definition) is 6. The van der Waals surface area contributed by atoms with Crippen molar-refractivity contribution in [1.82, 2.24) is 5.43 Å². The first kappa shape index (κ1) is 24.6. The zero-order valence-corrected chi connectivity index (χ0v) is 19.7. The first-order chi connectivity index (χ1) is 16.3. The Hall–Kier alpha value is -4.05. The zero-order valence-electron chi connectivity index (χ0n) is 18.1. The van der Waals surface area contributed by atoms with Crippen LogP contribution < -0.4 is 20.2 Å². The molecule has 3 aromatic carbocycles. The summed E-state index contributed by atoms with van der Waals surface area (Å²) in [6.07, 6.45) is 1.26. The van der Waals surface area contributed by atoms with E-state index in [9.17, 15) is 18.8 Å². The van der Waals surface area contributed by atoms with E-state index >= 15 is 0 Å². The molecule has 2 amide bonds. The minimum absolute atomic E-state index is 0.146. The molecule has 3 rings (SSSR count). The number of nitrogens with zero attached hydrogens (tertiary/aromatic N) is 1. The van der Waals surface area contributed by atoms with Crippen LogP contribution >= 0.6 is 15.9 Å². The Kier molecular flexibility index (Phi) is 8.10. The van der Waals surface area contributed by atoms with E-state index in [4.69, 9.17) is 9.47 Å². The van der Waals surface area contributed by atoms with Crippen LogP contribution in [0.25, 0.3) is 0 Å². The number of anilines is 1. The van der Waals surface area contributed by atoms with Gasteiger partial charge in [0.2, 0.25) is 0 Å². The number of ether oxygens (including phenoxy) is 2. The van der Waals surface area contributed by atoms with E-state index in [1.807, 2.05) is 6.92 Å². The van der Waals surface area contributed by atoms with Crippen molar-refractivity contribution in [3.63, 3.8) is 0 Å². The molecule has 0 aromatic heterocycles. The Morgan fingerprint density at radius 3 is 2.38 bits per heavy atom. The van der Waals surface area contributed by atoms with Gasteiger partial charge in [0, 0.05) is 4.47 Å². The summed E-state index contributed by atoms with van der Waals surface area (Å²) in [6, 6.07) is 15.5. The number of hydrazone groups is 1. The van der Waals surface area contributed by atoms with Crippen molar-refractivity contribution < 1.29 is 28.2 Å². The first-order valence-corrected chi connectivity index (χ1v) is 10.6. The second-order valence-electron chi connectivity index (χ2n) is 6.94. The molecule has 0 aliphatic rings. The van der Waals surface area contributed by atoms with Crippen LogP contribution in [-0.4, -0.2) is 31.1 Å². The predicted octanol–water partition coefficient (Wildman–Crippen LogP) is 4.21. The highest BCUT2D eigenvalue weighted by atomic mass is 79.9. The summed E-state index contributed by atoms with van der Waals surface area (Å²) < 4.78 is 24.9. The summed E-state index contributed by atoms with van der Waals surface area (Å²) in [5, 5.41) is 5.87. The van der Waals surface area contributed by atoms with Crippen LogP contribution in [0.1, 0.15) is 21.5 Å². The van der Waals surface area contributed by atoms with Crippen molar-refractivity contribution in [2.24, 2.45) is 5.10 Å². The van der Waals surface area contributed by atoms with Gasteiger partial charge in [-0.3, -0.25) is 9.59 Å². The predicted molar refractivity (Wildman–Crippen MR) is 128 cm³/mol. The van der Waals surface area contributed by atoms with E-state index in [2.05, 4.69) is 31.8 Å². The highest BCUT2D eigenvalue weighted by Crippen LogP contribution is 2.28. The Morgan fingerprint density at radius 2 is 1.71 bits per heavy atom. The Balaban J connectivity index is 1.61. The van der Waals surface area contributed by atoms with Gasteiger partial charge in [-0.25, -0.2) is 14.6 Å². The van der Waals surface area contributed by atoms with Gasteiger partial charge in [-0.2, -0.15) is 5.10 Å². The maximum absolute atomic E-state index is 13.8. The molecular formula is C24H19BrFN3O5. The number of rotatable bonds is 6. The zero-order chi connectivity index (χ0) is 24.7. The summed E-state index contributed by atoms with van der Waals surface area (Å²) in [6.45, 7) is 1.91. The Bertz CT molecular complexity index is 1260. The minimum atomic E-state index is -1.09. The fraction of sp³-hybridized carbons (Fsp3) is 0.0833. The topological polar surface area (TPSA) is 106 Å². The summed E-state index contributed by atoms with van der Waals surface area (Å²) in [7, 11) is 1.41. The van der Waals surface area contributed by atoms with Gasteiger partial charge in [0.15, 0.2) is 11.5 Å². The molecule has 2 N–H and O–H groups in total. The summed E-state index contributed by atoms with van der Waals surface area (Å²) in [4.78, 5) is 36.2. The lowest BCUT2D eigenvalue weighted by Crippen LogP contribution is -2.32. The molecule has 0 aliphatic carbocycles. The summed E-state index contributed by atoms with van der Waals surface area (Å²) in [5.41, 5.74) is 3.81. The number of nitrogens with one attached hydrogen (secondary N) is 2. The summed E-state index contributed by atoms with van der Waals surface area (Å²) >= 11 is 3.10. The van der Waals surface area contributed by atoms with Crippen molar-refractivity contribution in [3.05, 3.63) is 87.6 Å². The van der Waals surface area contributed by atoms with Crippen LogP contribution in [-0.2, 0) is 9.59 Å². The second kappa shape index (κ2) is 11.2. The molecule has 8 nitrogen and oxygen atoms in total. The van der Waals surface area contributed by atoms with Crippen LogP contribution in [0.5, 0.6) is 11.5 Å². The molecule has 0 bridgehead atoms. The molecule has 34 heavy (non-hydrogen) atoms. The molecule has 10 heteroatoms. The highest BCUT2D eigenvalue weighted by Gasteiger charge is 2.16. The lowest BCUT2D eigenvalue weighted by molar-refractivity contribution is -0.136. The van der Waals surface area contributed by atoms with E-state index in [0.717, 1.165) is 11.6 Å². The average Bonchev–Trinajstić information content (AvgIpc) is 2.81. The number of esters is 1. The number of carbonyl (C=O) groups excluding carboxylic acids is 3. The molecule has 0 heterocycles. The molecule has 0 unspecified atom stereocenters. The largest absolute Gasteiger partial charge is 0.493 e. The minimum Gasteiger partial charge on any atom is -0.493 e. The van der Waals surface area contributed by atoms with E-state index < -0.39 is 23.6 Å². The Morgan fingerprint density at radius 1 is 0.971 bits per heavy atom. The molecule has 0 saturated carbocycles. The van der Waals surface area contributed by atoms with Gasteiger partial charge in [0.25, 0.3) is 0 Å². The number of carbonyl (C=O) groups is 3. The number of aryl methyl sites for hydroxylation is 1. The number of amides is 2. The smallest absolute Gasteiger partial charge is 0.343 e. The first-order valence-electron chi connectivity index (χ1n) is 9.83. The lowest BCUT2D eigenvalue weighted by Gasteiger charge is -2.10. The third-order valence-electron chi connectivity index (χ3n) is 4.44. The molecule has 0 atom stereocenters. The molecule has 3 aromatic rings. The van der Waals surface area contributed by atoms with Gasteiger partial charge in [0.1, 0.15) is 5.82 Å². The van der Waals surface area contributed by atoms with Crippen LogP contribution in [0.15, 0.2) is 70.2 Å². The molecule has 0 radical (unpaired) electrons. The molecular weight excluding hydrogens is 509 g/mol. The van der Waals surface area contributed by atoms with Gasteiger partial charge < -0.3 is 14.8 Å². The third kappa shape index (κ3) is 6.48. The van der Waals surface area contributed by atoms with Gasteiger partial charge in [-0.15, -0.1) is 0 Å². The van der Waals surface area contributed by atoms with Crippen LogP contribution in [0, 0.1) is 12.7 Å². The number of methoxy groups -OCH3 is 1. The molecule has 0 aliphatic heterocycles. The quantitative estimate of drug-likeness (QED) is 0.164. The fourth-order valence-corrected chi connectivity index (χ4v) is 3.02. The molecule has 174 valence electrons. The van der Waals surface area contributed by atoms with Crippen molar-refractivity contribution in [3.8, 4) is 11.5 Å². The third-order valence-corrected chi connectivity index (χ3v) is 4.94. The number of benzene rings is 3. The fourth-order valence-electron chi connectivity index (χ4n) is 2.68. The SMILES string of the molecule is COc1cc(/C=N/NC(=O)C(=O)Nc2ccc(Br)cc2F)ccc1OC(=O)c1ccc(C)cc1. The van der Waals surface area contributed by atoms with Gasteiger partial charge in [-0.05, 0) is 61.0 Å². The highest BCUT2D eigenvalue weighted by molar-refractivity contribution is 9.10. The van der Waals surface area contributed by atoms with Crippen molar-refractivity contribution in [2.75, 3.05) is 12.4 Å². The maximum atomic E-state index is 13.8. The normalized spacial score (nSPS) is 10.6. The van der Waals surface area contributed by atoms with Crippen molar-refractivity contribution in [2.45, 2.75) is 6.92 Å². The molecule has 0 saturated heterocycles. The van der Waals surface area contributed by atoms with Crippen molar-refractivity contribution in [1.29, 1.82) is 0 Å². The average molecular weight is 528 g/mol. The second-order valence-corrected chi connectivity index (χ2v) is 7.86. The van der Waals surface area contributed by atoms with E-state index in [1.54, 1.807) is 30.3 Å². The number of hydrogen-bond donors (Lipinski definition) is 2. The van der Waals surface area contributed by atoms with Gasteiger partial charge >= 0.3 is 17.8 Å². The standard InChI is InChI=1S/C24H19BrFN3O5/c1-14-3-6-16(7-4-14)24(32)34-20-10-5-15(11-21(20)33-2)13-27-29-23(31)22(30)28-19-9-8-17(25)12-18(19)26/h3-13H,1-2H3,(H,28,30)(H,29,31)/b27-13+. The van der Waals surface area contributed by atoms with Crippen molar-refractivity contribution >= 4 is 45.6 Å². The number of halogens is 2. The van der Waals surface area contributed by atoms with Gasteiger partial charge in [-0.1, -0.05) is 33.6 Å². The van der Waals surface area contributed by atoms with E-state index in [1.165, 1.54) is 37.6 Å². The molecule has 0 fully saturated rings. The maximum Gasteiger partial charge on any atom is 0.343 e. The molecule has 0 spiro atoms. The van der Waals surface area contributed by atoms with Crippen LogP contribution in [0.4, 0.5) is 10.1 Å². The lowest BCUT2D eigenvalue weighted by atomic mass is 10.1.